The minimum Gasteiger partial charge on any atom is -1.00 e. The Morgan fingerprint density at radius 1 is 0.800 bits per heavy atom. The number of halogens is 2. The molecule has 3 N–H and O–H groups in total. The standard InChI is InChI=1S/C16H37BrNP.BrH/c1-5-9-13-19(17,14-10-6-2,15-11-7-3)16(18)12-8-4;/h16H,5-15,18H2,1-4H3;1H. The van der Waals surface area contributed by atoms with Crippen molar-refractivity contribution < 1.29 is 22.7 Å². The maximum Gasteiger partial charge on any atom is -1.00 e. The van der Waals surface area contributed by atoms with Crippen molar-refractivity contribution >= 4 is 20.8 Å². The van der Waals surface area contributed by atoms with Crippen molar-refractivity contribution in [1.29, 1.82) is 0 Å². The molecule has 1 unspecified atom stereocenters. The Kier molecular flexibility index (Phi) is 14.0. The van der Waals surface area contributed by atoms with E-state index in [1.165, 1.54) is 69.9 Å². The molecule has 0 aromatic heterocycles. The fourth-order valence-electron chi connectivity index (χ4n) is 3.14. The maximum atomic E-state index is 4.64. The number of quaternary nitrogens is 1. The molecule has 0 spiro atoms. The second-order valence-electron chi connectivity index (χ2n) is 6.35. The van der Waals surface area contributed by atoms with Gasteiger partial charge in [-0.15, -0.1) is 0 Å². The molecule has 0 heterocycles. The van der Waals surface area contributed by atoms with E-state index >= 15 is 0 Å². The van der Waals surface area contributed by atoms with E-state index in [9.17, 15) is 0 Å². The average Bonchev–Trinajstić information content (AvgIpc) is 2.42. The van der Waals surface area contributed by atoms with Gasteiger partial charge in [0.1, 0.15) is 0 Å². The van der Waals surface area contributed by atoms with Crippen LogP contribution in [0.1, 0.15) is 79.1 Å². The smallest absolute Gasteiger partial charge is 1.00 e. The van der Waals surface area contributed by atoms with Crippen LogP contribution in [0.3, 0.4) is 0 Å². The molecule has 20 heavy (non-hydrogen) atoms. The van der Waals surface area contributed by atoms with Gasteiger partial charge in [0, 0.05) is 0 Å². The summed E-state index contributed by atoms with van der Waals surface area (Å²) in [7, 11) is 0. The van der Waals surface area contributed by atoms with E-state index in [2.05, 4.69) is 48.9 Å². The fraction of sp³-hybridized carbons (Fsp3) is 1.00. The molecule has 1 nitrogen and oxygen atoms in total. The van der Waals surface area contributed by atoms with Gasteiger partial charge in [0.25, 0.3) is 0 Å². The van der Waals surface area contributed by atoms with Gasteiger partial charge in [0.05, 0.1) is 0 Å². The van der Waals surface area contributed by atoms with Gasteiger partial charge in [0.15, 0.2) is 0 Å². The molecule has 0 aliphatic heterocycles. The molecular formula is C16H38Br2NP. The molecule has 0 bridgehead atoms. The number of hydrogen-bond acceptors (Lipinski definition) is 0. The molecule has 0 amide bonds. The van der Waals surface area contributed by atoms with E-state index in [1.807, 2.05) is 0 Å². The van der Waals surface area contributed by atoms with Crippen molar-refractivity contribution in [3.63, 3.8) is 0 Å². The minimum atomic E-state index is -1.77. The zero-order chi connectivity index (χ0) is 14.8. The SMILES string of the molecule is CCCCP(Br)(CCCC)(CCCC)C([NH3+])CCC.[Br-]. The van der Waals surface area contributed by atoms with Crippen LogP contribution in [0.15, 0.2) is 0 Å². The largest absolute Gasteiger partial charge is 1.00 e. The van der Waals surface area contributed by atoms with E-state index < -0.39 is 5.31 Å². The number of hydrogen-bond donors (Lipinski definition) is 1. The maximum absolute atomic E-state index is 4.64. The first-order valence-corrected chi connectivity index (χ1v) is 13.4. The van der Waals surface area contributed by atoms with Gasteiger partial charge < -0.3 is 17.0 Å². The van der Waals surface area contributed by atoms with Crippen molar-refractivity contribution in [2.45, 2.75) is 84.8 Å². The Morgan fingerprint density at radius 3 is 1.40 bits per heavy atom. The van der Waals surface area contributed by atoms with Gasteiger partial charge in [-0.1, -0.05) is 0 Å². The Hall–Kier alpha value is 1.35. The molecule has 0 rings (SSSR count). The molecule has 0 aliphatic rings. The zero-order valence-corrected chi connectivity index (χ0v) is 18.3. The Morgan fingerprint density at radius 2 is 1.15 bits per heavy atom. The van der Waals surface area contributed by atoms with Crippen molar-refractivity contribution in [2.75, 3.05) is 18.5 Å². The van der Waals surface area contributed by atoms with Crippen LogP contribution in [0.25, 0.3) is 0 Å². The summed E-state index contributed by atoms with van der Waals surface area (Å²) >= 11 is 4.43. The summed E-state index contributed by atoms with van der Waals surface area (Å²) in [5, 5.41) is -1.77. The molecule has 0 fully saturated rings. The predicted molar refractivity (Wildman–Crippen MR) is 96.8 cm³/mol. The van der Waals surface area contributed by atoms with E-state index in [-0.39, 0.29) is 17.0 Å². The summed E-state index contributed by atoms with van der Waals surface area (Å²) in [5.74, 6) is 0.667. The third kappa shape index (κ3) is 7.07. The van der Waals surface area contributed by atoms with Crippen LogP contribution < -0.4 is 22.7 Å². The summed E-state index contributed by atoms with van der Waals surface area (Å²) < 4.78 is 0. The van der Waals surface area contributed by atoms with Crippen molar-refractivity contribution in [3.8, 4) is 0 Å². The van der Waals surface area contributed by atoms with Crippen LogP contribution in [0.5, 0.6) is 0 Å². The molecule has 0 radical (unpaired) electrons. The van der Waals surface area contributed by atoms with Crippen LogP contribution in [0.2, 0.25) is 0 Å². The van der Waals surface area contributed by atoms with Crippen molar-refractivity contribution in [1.82, 2.24) is 0 Å². The van der Waals surface area contributed by atoms with Crippen molar-refractivity contribution in [2.24, 2.45) is 0 Å². The molecule has 0 aliphatic carbocycles. The van der Waals surface area contributed by atoms with Crippen LogP contribution in [0, 0.1) is 0 Å². The summed E-state index contributed by atoms with van der Waals surface area (Å²) in [6, 6.07) is 0. The third-order valence-electron chi connectivity index (χ3n) is 4.66. The second-order valence-corrected chi connectivity index (χ2v) is 17.5. The monoisotopic (exact) mass is 433 g/mol. The molecule has 0 aromatic rings. The normalized spacial score (nSPS) is 15.2. The molecule has 0 saturated heterocycles. The van der Waals surface area contributed by atoms with E-state index in [0.717, 1.165) is 0 Å². The van der Waals surface area contributed by atoms with Crippen LogP contribution in [0.4, 0.5) is 0 Å². The Labute approximate surface area is 146 Å². The number of unbranched alkanes of at least 4 members (excludes halogenated alkanes) is 3. The second kappa shape index (κ2) is 11.9. The van der Waals surface area contributed by atoms with Crippen molar-refractivity contribution in [3.05, 3.63) is 0 Å². The third-order valence-corrected chi connectivity index (χ3v) is 15.8. The Bertz CT molecular complexity index is 212. The first-order valence-electron chi connectivity index (χ1n) is 8.52. The Balaban J connectivity index is 0. The van der Waals surface area contributed by atoms with E-state index in [0.29, 0.717) is 5.78 Å². The fourth-order valence-corrected chi connectivity index (χ4v) is 11.9. The first-order chi connectivity index (χ1) is 8.97. The van der Waals surface area contributed by atoms with Gasteiger partial charge in [-0.2, -0.15) is 0 Å². The van der Waals surface area contributed by atoms with Gasteiger partial charge in [-0.05, 0) is 0 Å². The van der Waals surface area contributed by atoms with Gasteiger partial charge in [0.2, 0.25) is 0 Å². The molecule has 126 valence electrons. The zero-order valence-electron chi connectivity index (χ0n) is 14.3. The first kappa shape index (κ1) is 23.6. The van der Waals surface area contributed by atoms with Gasteiger partial charge in [-0.25, -0.2) is 0 Å². The van der Waals surface area contributed by atoms with E-state index in [4.69, 9.17) is 0 Å². The molecule has 1 atom stereocenters. The average molecular weight is 435 g/mol. The predicted octanol–water partition coefficient (Wildman–Crippen LogP) is 2.62. The van der Waals surface area contributed by atoms with Crippen LogP contribution in [-0.2, 0) is 0 Å². The summed E-state index contributed by atoms with van der Waals surface area (Å²) in [6.45, 7) is 9.29. The van der Waals surface area contributed by atoms with E-state index in [1.54, 1.807) is 0 Å². The summed E-state index contributed by atoms with van der Waals surface area (Å²) in [5.41, 5.74) is 4.64. The summed E-state index contributed by atoms with van der Waals surface area (Å²) in [6.07, 6.45) is 15.0. The molecule has 0 saturated carbocycles. The topological polar surface area (TPSA) is 27.6 Å². The van der Waals surface area contributed by atoms with Crippen LogP contribution >= 0.6 is 20.8 Å². The number of rotatable bonds is 12. The van der Waals surface area contributed by atoms with Gasteiger partial charge >= 0.3 is 130 Å². The summed E-state index contributed by atoms with van der Waals surface area (Å²) in [4.78, 5) is 0. The molecule has 0 aromatic carbocycles. The molecular weight excluding hydrogens is 397 g/mol. The van der Waals surface area contributed by atoms with Gasteiger partial charge in [-0.3, -0.25) is 0 Å². The minimum absolute atomic E-state index is 0. The van der Waals surface area contributed by atoms with Crippen LogP contribution in [-0.4, -0.2) is 24.3 Å². The molecule has 4 heteroatoms. The quantitative estimate of drug-likeness (QED) is 0.457.